The van der Waals surface area contributed by atoms with Crippen LogP contribution in [-0.4, -0.2) is 27.2 Å². The van der Waals surface area contributed by atoms with Gasteiger partial charge in [0.1, 0.15) is 0 Å². The van der Waals surface area contributed by atoms with E-state index in [1.54, 1.807) is 0 Å². The summed E-state index contributed by atoms with van der Waals surface area (Å²) in [5.74, 6) is -0.431. The van der Waals surface area contributed by atoms with E-state index < -0.39 is 0 Å². The number of methoxy groups -OCH3 is 1. The SMILES string of the molecule is COC(=O)[C@@H](C)/C=C/c1ccc(N(C)C)cc1. The van der Waals surface area contributed by atoms with E-state index in [2.05, 4.69) is 4.74 Å². The molecule has 0 aliphatic heterocycles. The molecule has 0 N–H and O–H groups in total. The molecule has 3 nitrogen and oxygen atoms in total. The van der Waals surface area contributed by atoms with Crippen molar-refractivity contribution in [1.29, 1.82) is 0 Å². The van der Waals surface area contributed by atoms with Crippen LogP contribution in [0.3, 0.4) is 0 Å². The van der Waals surface area contributed by atoms with Crippen molar-refractivity contribution in [2.24, 2.45) is 5.92 Å². The minimum absolute atomic E-state index is 0.214. The molecule has 1 aromatic rings. The van der Waals surface area contributed by atoms with Crippen molar-refractivity contribution in [3.05, 3.63) is 35.9 Å². The van der Waals surface area contributed by atoms with Gasteiger partial charge in [-0.05, 0) is 24.6 Å². The Bertz CT molecular complexity index is 393. The number of carbonyl (C=O) groups is 1. The second-order valence-corrected chi connectivity index (χ2v) is 4.16. The number of nitrogens with zero attached hydrogens (tertiary/aromatic N) is 1. The third-order valence-electron chi connectivity index (χ3n) is 2.56. The minimum atomic E-state index is -0.217. The van der Waals surface area contributed by atoms with E-state index in [4.69, 9.17) is 0 Å². The highest BCUT2D eigenvalue weighted by Gasteiger charge is 2.07. The van der Waals surface area contributed by atoms with E-state index in [1.807, 2.05) is 62.3 Å². The van der Waals surface area contributed by atoms with Crippen molar-refractivity contribution >= 4 is 17.7 Å². The Kier molecular flexibility index (Phi) is 4.76. The molecule has 17 heavy (non-hydrogen) atoms. The maximum absolute atomic E-state index is 11.2. The zero-order valence-corrected chi connectivity index (χ0v) is 10.8. The Morgan fingerprint density at radius 2 is 1.88 bits per heavy atom. The number of benzene rings is 1. The fraction of sp³-hybridized carbons (Fsp3) is 0.357. The standard InChI is InChI=1S/C14H19NO2/c1-11(14(16)17-4)5-6-12-7-9-13(10-8-12)15(2)3/h5-11H,1-4H3/b6-5+/t11-/m0/s1. The van der Waals surface area contributed by atoms with Gasteiger partial charge in [-0.3, -0.25) is 4.79 Å². The maximum Gasteiger partial charge on any atom is 0.312 e. The maximum atomic E-state index is 11.2. The van der Waals surface area contributed by atoms with Gasteiger partial charge >= 0.3 is 5.97 Å². The van der Waals surface area contributed by atoms with Gasteiger partial charge in [-0.2, -0.15) is 0 Å². The first-order chi connectivity index (χ1) is 8.04. The van der Waals surface area contributed by atoms with Crippen LogP contribution in [0.5, 0.6) is 0 Å². The molecule has 1 atom stereocenters. The Morgan fingerprint density at radius 1 is 1.29 bits per heavy atom. The molecule has 1 rings (SSSR count). The Morgan fingerprint density at radius 3 is 2.35 bits per heavy atom. The van der Waals surface area contributed by atoms with Crippen LogP contribution < -0.4 is 4.90 Å². The average Bonchev–Trinajstić information content (AvgIpc) is 2.35. The quantitative estimate of drug-likeness (QED) is 0.749. The van der Waals surface area contributed by atoms with E-state index >= 15 is 0 Å². The molecule has 3 heteroatoms. The Balaban J connectivity index is 2.69. The molecular weight excluding hydrogens is 214 g/mol. The van der Waals surface area contributed by atoms with Gasteiger partial charge in [0, 0.05) is 19.8 Å². The summed E-state index contributed by atoms with van der Waals surface area (Å²) in [6.45, 7) is 1.82. The summed E-state index contributed by atoms with van der Waals surface area (Å²) in [5.41, 5.74) is 2.23. The molecule has 1 aromatic carbocycles. The first-order valence-corrected chi connectivity index (χ1v) is 5.58. The van der Waals surface area contributed by atoms with Crippen molar-refractivity contribution < 1.29 is 9.53 Å². The predicted octanol–water partition coefficient (Wildman–Crippen LogP) is 2.57. The van der Waals surface area contributed by atoms with E-state index in [0.717, 1.165) is 11.3 Å². The van der Waals surface area contributed by atoms with Crippen LogP contribution in [0, 0.1) is 5.92 Å². The second kappa shape index (κ2) is 6.09. The van der Waals surface area contributed by atoms with Gasteiger partial charge in [-0.15, -0.1) is 0 Å². The fourth-order valence-electron chi connectivity index (χ4n) is 1.40. The van der Waals surface area contributed by atoms with E-state index in [1.165, 1.54) is 7.11 Å². The molecular formula is C14H19NO2. The third kappa shape index (κ3) is 3.94. The highest BCUT2D eigenvalue weighted by atomic mass is 16.5. The molecule has 0 heterocycles. The number of rotatable bonds is 4. The molecule has 92 valence electrons. The first kappa shape index (κ1) is 13.3. The normalized spacial score (nSPS) is 12.5. The molecule has 0 fully saturated rings. The number of hydrogen-bond donors (Lipinski definition) is 0. The lowest BCUT2D eigenvalue weighted by atomic mass is 10.1. The third-order valence-corrected chi connectivity index (χ3v) is 2.56. The summed E-state index contributed by atoms with van der Waals surface area (Å²) in [4.78, 5) is 13.2. The van der Waals surface area contributed by atoms with Gasteiger partial charge in [-0.25, -0.2) is 0 Å². The second-order valence-electron chi connectivity index (χ2n) is 4.16. The van der Waals surface area contributed by atoms with Crippen LogP contribution in [0.4, 0.5) is 5.69 Å². The van der Waals surface area contributed by atoms with E-state index in [9.17, 15) is 4.79 Å². The zero-order chi connectivity index (χ0) is 12.8. The molecule has 0 aliphatic rings. The Labute approximate surface area is 103 Å². The van der Waals surface area contributed by atoms with Gasteiger partial charge in [0.25, 0.3) is 0 Å². The van der Waals surface area contributed by atoms with Crippen molar-refractivity contribution in [3.8, 4) is 0 Å². The van der Waals surface area contributed by atoms with Gasteiger partial charge < -0.3 is 9.64 Å². The van der Waals surface area contributed by atoms with Crippen LogP contribution in [0.1, 0.15) is 12.5 Å². The highest BCUT2D eigenvalue weighted by Crippen LogP contribution is 2.14. The fourth-order valence-corrected chi connectivity index (χ4v) is 1.40. The van der Waals surface area contributed by atoms with Crippen molar-refractivity contribution in [1.82, 2.24) is 0 Å². The molecule has 0 saturated carbocycles. The zero-order valence-electron chi connectivity index (χ0n) is 10.8. The first-order valence-electron chi connectivity index (χ1n) is 5.58. The van der Waals surface area contributed by atoms with Gasteiger partial charge in [0.05, 0.1) is 13.0 Å². The number of esters is 1. The summed E-state index contributed by atoms with van der Waals surface area (Å²) >= 11 is 0. The minimum Gasteiger partial charge on any atom is -0.469 e. The predicted molar refractivity (Wildman–Crippen MR) is 71.0 cm³/mol. The molecule has 0 aromatic heterocycles. The highest BCUT2D eigenvalue weighted by molar-refractivity contribution is 5.75. The summed E-state index contributed by atoms with van der Waals surface area (Å²) in [7, 11) is 5.41. The lowest BCUT2D eigenvalue weighted by molar-refractivity contribution is -0.143. The molecule has 0 unspecified atom stereocenters. The summed E-state index contributed by atoms with van der Waals surface area (Å²) in [6, 6.07) is 8.14. The van der Waals surface area contributed by atoms with Crippen LogP contribution in [0.2, 0.25) is 0 Å². The average molecular weight is 233 g/mol. The molecule has 0 bridgehead atoms. The topological polar surface area (TPSA) is 29.5 Å². The van der Waals surface area contributed by atoms with Gasteiger partial charge in [-0.1, -0.05) is 24.3 Å². The molecule has 0 radical (unpaired) electrons. The smallest absolute Gasteiger partial charge is 0.312 e. The summed E-state index contributed by atoms with van der Waals surface area (Å²) < 4.78 is 4.65. The Hall–Kier alpha value is -1.77. The van der Waals surface area contributed by atoms with Crippen LogP contribution >= 0.6 is 0 Å². The van der Waals surface area contributed by atoms with E-state index in [0.29, 0.717) is 0 Å². The van der Waals surface area contributed by atoms with Crippen LogP contribution in [0.25, 0.3) is 6.08 Å². The molecule has 0 aliphatic carbocycles. The number of carbonyl (C=O) groups excluding carboxylic acids is 1. The summed E-state index contributed by atoms with van der Waals surface area (Å²) in [6.07, 6.45) is 3.78. The largest absolute Gasteiger partial charge is 0.469 e. The van der Waals surface area contributed by atoms with Gasteiger partial charge in [0.15, 0.2) is 0 Å². The van der Waals surface area contributed by atoms with Gasteiger partial charge in [0.2, 0.25) is 0 Å². The van der Waals surface area contributed by atoms with Crippen LogP contribution in [-0.2, 0) is 9.53 Å². The number of hydrogen-bond acceptors (Lipinski definition) is 3. The van der Waals surface area contributed by atoms with Crippen molar-refractivity contribution in [2.75, 3.05) is 26.1 Å². The van der Waals surface area contributed by atoms with E-state index in [-0.39, 0.29) is 11.9 Å². The number of anilines is 1. The molecule has 0 saturated heterocycles. The summed E-state index contributed by atoms with van der Waals surface area (Å²) in [5, 5.41) is 0. The lowest BCUT2D eigenvalue weighted by Crippen LogP contribution is -2.09. The lowest BCUT2D eigenvalue weighted by Gasteiger charge is -2.11. The van der Waals surface area contributed by atoms with Crippen molar-refractivity contribution in [2.45, 2.75) is 6.92 Å². The van der Waals surface area contributed by atoms with Crippen LogP contribution in [0.15, 0.2) is 30.3 Å². The number of ether oxygens (including phenoxy) is 1. The molecule has 0 spiro atoms. The molecule has 0 amide bonds. The van der Waals surface area contributed by atoms with Crippen molar-refractivity contribution in [3.63, 3.8) is 0 Å². The monoisotopic (exact) mass is 233 g/mol.